The zero-order chi connectivity index (χ0) is 13.5. The van der Waals surface area contributed by atoms with Crippen LogP contribution in [0, 0.1) is 19.6 Å². The van der Waals surface area contributed by atoms with E-state index in [-0.39, 0.29) is 47.2 Å². The minimum absolute atomic E-state index is 0. The van der Waals surface area contributed by atoms with Crippen molar-refractivity contribution in [2.75, 3.05) is 0 Å². The van der Waals surface area contributed by atoms with Gasteiger partial charge in [-0.3, -0.25) is 0 Å². The van der Waals surface area contributed by atoms with Crippen molar-refractivity contribution in [2.24, 2.45) is 0 Å². The van der Waals surface area contributed by atoms with E-state index >= 15 is 0 Å². The van der Waals surface area contributed by atoms with E-state index in [1.807, 2.05) is 0 Å². The zero-order valence-corrected chi connectivity index (χ0v) is 20.7. The summed E-state index contributed by atoms with van der Waals surface area (Å²) in [5, 5.41) is 0. The van der Waals surface area contributed by atoms with Crippen LogP contribution in [-0.2, 0) is 22.4 Å². The van der Waals surface area contributed by atoms with Crippen molar-refractivity contribution in [3.8, 4) is 0 Å². The third kappa shape index (κ3) is 1330. The van der Waals surface area contributed by atoms with Gasteiger partial charge >= 0.3 is 22.4 Å². The Labute approximate surface area is 149 Å². The first-order valence-corrected chi connectivity index (χ1v) is 16.7. The first kappa shape index (κ1) is 36.8. The molecule has 114 valence electrons. The number of halogens is 2. The number of hydrogen-bond donors (Lipinski definition) is 0. The van der Waals surface area contributed by atoms with Gasteiger partial charge in [0.05, 0.1) is 0 Å². The first-order valence-electron chi connectivity index (χ1n) is 5.56. The van der Waals surface area contributed by atoms with E-state index in [2.05, 4.69) is 78.6 Å². The maximum Gasteiger partial charge on any atom is 3.00 e. The summed E-state index contributed by atoms with van der Waals surface area (Å²) in [7, 11) is -2.58. The number of hydrogen-bond acceptors (Lipinski definition) is 0. The Balaban J connectivity index is -0.0000000277. The van der Waals surface area contributed by atoms with E-state index in [0.717, 1.165) is 0 Å². The minimum atomic E-state index is -0.861. The molecule has 0 atom stereocenters. The molecule has 0 amide bonds. The summed E-state index contributed by atoms with van der Waals surface area (Å²) >= 11 is 0. The molecular formula is C12H35Cl2NbSi3. The van der Waals surface area contributed by atoms with E-state index in [4.69, 9.17) is 0 Å². The van der Waals surface area contributed by atoms with Crippen molar-refractivity contribution >= 4 is 49.0 Å². The Morgan fingerprint density at radius 1 is 0.444 bits per heavy atom. The second-order valence-electron chi connectivity index (χ2n) is 7.68. The zero-order valence-electron chi connectivity index (χ0n) is 13.9. The average Bonchev–Trinajstić information content (AvgIpc) is 1.41. The summed E-state index contributed by atoms with van der Waals surface area (Å²) in [6.45, 7) is 31.7. The number of rotatable bonds is 0. The fourth-order valence-electron chi connectivity index (χ4n) is 0. The smallest absolute Gasteiger partial charge is 0.342 e. The molecule has 0 saturated heterocycles. The van der Waals surface area contributed by atoms with Crippen molar-refractivity contribution in [1.29, 1.82) is 0 Å². The largest absolute Gasteiger partial charge is 3.00 e. The third-order valence-electron chi connectivity index (χ3n) is 0. The molecule has 0 aromatic carbocycles. The van der Waals surface area contributed by atoms with Gasteiger partial charge in [-0.05, 0) is 0 Å². The standard InChI is InChI=1S/3C4H11Si.2ClH.Nb/c3*1-5(2,3)4;;;/h3*1H2,2-4H3;2*1H;/q3*-1;;;+3. The molecule has 0 rings (SSSR count). The molecule has 0 radical (unpaired) electrons. The van der Waals surface area contributed by atoms with Gasteiger partial charge in [-0.1, -0.05) is 58.9 Å². The maximum absolute atomic E-state index is 3.91. The van der Waals surface area contributed by atoms with E-state index in [1.165, 1.54) is 0 Å². The van der Waals surface area contributed by atoms with Crippen molar-refractivity contribution in [2.45, 2.75) is 58.9 Å². The van der Waals surface area contributed by atoms with Gasteiger partial charge in [0.1, 0.15) is 0 Å². The monoisotopic (exact) mass is 426 g/mol. The van der Waals surface area contributed by atoms with Crippen LogP contribution >= 0.6 is 24.8 Å². The minimum Gasteiger partial charge on any atom is -0.342 e. The predicted molar refractivity (Wildman–Crippen MR) is 101 cm³/mol. The molecule has 0 saturated carbocycles. The van der Waals surface area contributed by atoms with Gasteiger partial charge in [-0.15, -0.1) is 49.0 Å². The predicted octanol–water partition coefficient (Wildman–Crippen LogP) is 5.93. The fourth-order valence-corrected chi connectivity index (χ4v) is 0. The molecule has 6 heteroatoms. The van der Waals surface area contributed by atoms with Gasteiger partial charge in [0, 0.05) is 0 Å². The molecule has 18 heavy (non-hydrogen) atoms. The van der Waals surface area contributed by atoms with E-state index in [9.17, 15) is 0 Å². The van der Waals surface area contributed by atoms with E-state index < -0.39 is 24.2 Å². The van der Waals surface area contributed by atoms with Crippen molar-refractivity contribution < 1.29 is 22.4 Å². The molecule has 0 aliphatic carbocycles. The Hall–Kier alpha value is 1.97. The summed E-state index contributed by atoms with van der Waals surface area (Å²) in [4.78, 5) is 0. The summed E-state index contributed by atoms with van der Waals surface area (Å²) in [5.41, 5.74) is 0. The van der Waals surface area contributed by atoms with Gasteiger partial charge in [0.15, 0.2) is 0 Å². The summed E-state index contributed by atoms with van der Waals surface area (Å²) < 4.78 is 0. The van der Waals surface area contributed by atoms with Gasteiger partial charge in [0.25, 0.3) is 0 Å². The van der Waals surface area contributed by atoms with Gasteiger partial charge < -0.3 is 19.6 Å². The van der Waals surface area contributed by atoms with Gasteiger partial charge in [-0.25, -0.2) is 0 Å². The Kier molecular flexibility index (Phi) is 31.4. The molecule has 0 aromatic rings. The van der Waals surface area contributed by atoms with Crippen molar-refractivity contribution in [3.63, 3.8) is 0 Å². The van der Waals surface area contributed by atoms with Crippen LogP contribution in [0.4, 0.5) is 0 Å². The summed E-state index contributed by atoms with van der Waals surface area (Å²) in [6.07, 6.45) is 0. The molecule has 0 heterocycles. The molecule has 0 nitrogen and oxygen atoms in total. The third-order valence-corrected chi connectivity index (χ3v) is 0. The molecule has 0 aliphatic rings. The molecule has 0 aliphatic heterocycles. The van der Waals surface area contributed by atoms with Gasteiger partial charge in [-0.2, -0.15) is 0 Å². The van der Waals surface area contributed by atoms with Crippen LogP contribution in [0.3, 0.4) is 0 Å². The van der Waals surface area contributed by atoms with Crippen molar-refractivity contribution in [1.82, 2.24) is 0 Å². The molecule has 0 spiro atoms. The molecule has 0 bridgehead atoms. The molecule has 0 fully saturated rings. The second-order valence-corrected chi connectivity index (χ2v) is 23.0. The molecule has 0 unspecified atom stereocenters. The average molecular weight is 427 g/mol. The van der Waals surface area contributed by atoms with Crippen LogP contribution in [0.1, 0.15) is 0 Å². The Morgan fingerprint density at radius 2 is 0.444 bits per heavy atom. The molecule has 0 aromatic heterocycles. The van der Waals surface area contributed by atoms with Crippen LogP contribution in [0.2, 0.25) is 58.9 Å². The van der Waals surface area contributed by atoms with Crippen LogP contribution in [0.5, 0.6) is 0 Å². The second kappa shape index (κ2) is 15.4. The molecular weight excluding hydrogens is 392 g/mol. The maximum atomic E-state index is 3.91. The topological polar surface area (TPSA) is 0 Å². The fraction of sp³-hybridized carbons (Fsp3) is 0.750. The van der Waals surface area contributed by atoms with E-state index in [1.54, 1.807) is 0 Å². The van der Waals surface area contributed by atoms with Crippen LogP contribution < -0.4 is 0 Å². The van der Waals surface area contributed by atoms with Crippen LogP contribution in [0.15, 0.2) is 0 Å². The van der Waals surface area contributed by atoms with Crippen LogP contribution in [-0.4, -0.2) is 24.2 Å². The van der Waals surface area contributed by atoms with E-state index in [0.29, 0.717) is 0 Å². The molecule has 0 N–H and O–H groups in total. The normalized spacial score (nSPS) is 10.0. The quantitative estimate of drug-likeness (QED) is 0.332. The SMILES string of the molecule is Cl.Cl.[CH2-][Si](C)(C)C.[CH2-][Si](C)(C)C.[CH2-][Si](C)(C)C.[Nb+3]. The Bertz CT molecular complexity index is 100. The first-order chi connectivity index (χ1) is 6.00. The Morgan fingerprint density at radius 3 is 0.444 bits per heavy atom. The van der Waals surface area contributed by atoms with Gasteiger partial charge in [0.2, 0.25) is 0 Å². The summed E-state index contributed by atoms with van der Waals surface area (Å²) in [5.74, 6) is 0. The van der Waals surface area contributed by atoms with Crippen molar-refractivity contribution in [3.05, 3.63) is 19.6 Å². The van der Waals surface area contributed by atoms with Crippen LogP contribution in [0.25, 0.3) is 0 Å². The summed E-state index contributed by atoms with van der Waals surface area (Å²) in [6, 6.07) is 0.